The Morgan fingerprint density at radius 3 is 2.53 bits per heavy atom. The van der Waals surface area contributed by atoms with E-state index in [9.17, 15) is 4.79 Å². The van der Waals surface area contributed by atoms with Crippen LogP contribution in [0.2, 0.25) is 0 Å². The van der Waals surface area contributed by atoms with E-state index in [0.29, 0.717) is 12.5 Å². The molecule has 1 rings (SSSR count). The van der Waals surface area contributed by atoms with Crippen molar-refractivity contribution in [1.82, 2.24) is 10.6 Å². The predicted molar refractivity (Wildman–Crippen MR) is 60.0 cm³/mol. The Morgan fingerprint density at radius 1 is 1.47 bits per heavy atom. The summed E-state index contributed by atoms with van der Waals surface area (Å²) in [5, 5.41) is 14.5. The van der Waals surface area contributed by atoms with Crippen LogP contribution >= 0.6 is 0 Å². The fourth-order valence-electron chi connectivity index (χ4n) is 2.54. The first-order valence-corrected chi connectivity index (χ1v) is 5.72. The van der Waals surface area contributed by atoms with E-state index in [1.807, 2.05) is 0 Å². The monoisotopic (exact) mass is 214 g/mol. The lowest BCUT2D eigenvalue weighted by Crippen LogP contribution is -2.45. The molecule has 0 aromatic carbocycles. The summed E-state index contributed by atoms with van der Waals surface area (Å²) in [4.78, 5) is 10.5. The molecule has 0 bridgehead atoms. The quantitative estimate of drug-likeness (QED) is 0.667. The van der Waals surface area contributed by atoms with Crippen LogP contribution in [-0.4, -0.2) is 30.8 Å². The zero-order valence-corrected chi connectivity index (χ0v) is 9.68. The Labute approximate surface area is 91.4 Å². The van der Waals surface area contributed by atoms with Crippen LogP contribution in [-0.2, 0) is 0 Å². The molecule has 88 valence electrons. The van der Waals surface area contributed by atoms with Crippen molar-refractivity contribution in [2.45, 2.75) is 33.1 Å². The smallest absolute Gasteiger partial charge is 0.404 e. The molecule has 0 aliphatic carbocycles. The molecule has 4 nitrogen and oxygen atoms in total. The van der Waals surface area contributed by atoms with Crippen LogP contribution < -0.4 is 10.6 Å². The van der Waals surface area contributed by atoms with Crippen molar-refractivity contribution >= 4 is 6.09 Å². The molecule has 0 aromatic heterocycles. The van der Waals surface area contributed by atoms with Gasteiger partial charge in [0.2, 0.25) is 0 Å². The number of carbonyl (C=O) groups is 1. The van der Waals surface area contributed by atoms with E-state index in [-0.39, 0.29) is 5.41 Å². The van der Waals surface area contributed by atoms with Gasteiger partial charge in [0, 0.05) is 6.54 Å². The second kappa shape index (κ2) is 5.35. The van der Waals surface area contributed by atoms with Gasteiger partial charge in [-0.25, -0.2) is 4.79 Å². The molecule has 1 aliphatic rings. The molecule has 1 amide bonds. The summed E-state index contributed by atoms with van der Waals surface area (Å²) in [6.45, 7) is 7.01. The third-order valence-corrected chi connectivity index (χ3v) is 3.12. The summed E-state index contributed by atoms with van der Waals surface area (Å²) in [6.07, 6.45) is 2.35. The maximum absolute atomic E-state index is 10.5. The van der Waals surface area contributed by atoms with E-state index in [4.69, 9.17) is 5.11 Å². The summed E-state index contributed by atoms with van der Waals surface area (Å²) >= 11 is 0. The van der Waals surface area contributed by atoms with Gasteiger partial charge in [-0.1, -0.05) is 13.8 Å². The van der Waals surface area contributed by atoms with Crippen LogP contribution in [0, 0.1) is 11.3 Å². The Hall–Kier alpha value is -0.770. The summed E-state index contributed by atoms with van der Waals surface area (Å²) in [6, 6.07) is 0. The molecular formula is C11H22N2O2. The van der Waals surface area contributed by atoms with E-state index in [2.05, 4.69) is 24.5 Å². The lowest BCUT2D eigenvalue weighted by Gasteiger charge is -2.38. The number of amides is 1. The van der Waals surface area contributed by atoms with Crippen molar-refractivity contribution in [1.29, 1.82) is 0 Å². The molecule has 0 saturated carbocycles. The fraction of sp³-hybridized carbons (Fsp3) is 0.909. The third-order valence-electron chi connectivity index (χ3n) is 3.12. The van der Waals surface area contributed by atoms with Crippen molar-refractivity contribution in [2.24, 2.45) is 11.3 Å². The second-order valence-electron chi connectivity index (χ2n) is 5.01. The normalized spacial score (nSPS) is 20.2. The van der Waals surface area contributed by atoms with E-state index in [0.717, 1.165) is 32.4 Å². The highest BCUT2D eigenvalue weighted by Crippen LogP contribution is 2.34. The van der Waals surface area contributed by atoms with Crippen LogP contribution in [0.5, 0.6) is 0 Å². The Morgan fingerprint density at radius 2 is 2.07 bits per heavy atom. The summed E-state index contributed by atoms with van der Waals surface area (Å²) in [5.74, 6) is 0.624. The molecule has 0 aromatic rings. The van der Waals surface area contributed by atoms with Gasteiger partial charge < -0.3 is 15.7 Å². The molecular weight excluding hydrogens is 192 g/mol. The predicted octanol–water partition coefficient (Wildman–Crippen LogP) is 1.67. The van der Waals surface area contributed by atoms with Gasteiger partial charge >= 0.3 is 6.09 Å². The van der Waals surface area contributed by atoms with E-state index < -0.39 is 6.09 Å². The van der Waals surface area contributed by atoms with Crippen molar-refractivity contribution in [3.05, 3.63) is 0 Å². The SMILES string of the molecule is CC(C)CC1(CNC(=O)O)CCNCC1. The van der Waals surface area contributed by atoms with Crippen LogP contribution in [0.15, 0.2) is 0 Å². The number of hydrogen-bond acceptors (Lipinski definition) is 2. The molecule has 0 atom stereocenters. The molecule has 3 N–H and O–H groups in total. The number of carboxylic acid groups (broad SMARTS) is 1. The largest absolute Gasteiger partial charge is 0.465 e. The molecule has 1 fully saturated rings. The summed E-state index contributed by atoms with van der Waals surface area (Å²) < 4.78 is 0. The van der Waals surface area contributed by atoms with Gasteiger partial charge in [-0.05, 0) is 43.7 Å². The average molecular weight is 214 g/mol. The number of hydrogen-bond donors (Lipinski definition) is 3. The maximum atomic E-state index is 10.5. The zero-order chi connectivity index (χ0) is 11.3. The van der Waals surface area contributed by atoms with Crippen molar-refractivity contribution in [2.75, 3.05) is 19.6 Å². The average Bonchev–Trinajstić information content (AvgIpc) is 2.15. The van der Waals surface area contributed by atoms with Gasteiger partial charge in [-0.15, -0.1) is 0 Å². The van der Waals surface area contributed by atoms with E-state index in [1.165, 1.54) is 0 Å². The number of rotatable bonds is 4. The highest BCUT2D eigenvalue weighted by Gasteiger charge is 2.32. The van der Waals surface area contributed by atoms with Gasteiger partial charge in [-0.2, -0.15) is 0 Å². The second-order valence-corrected chi connectivity index (χ2v) is 5.01. The van der Waals surface area contributed by atoms with Gasteiger partial charge in [0.05, 0.1) is 0 Å². The molecule has 1 heterocycles. The first-order chi connectivity index (χ1) is 7.04. The van der Waals surface area contributed by atoms with Crippen LogP contribution in [0.3, 0.4) is 0 Å². The van der Waals surface area contributed by atoms with Gasteiger partial charge in [-0.3, -0.25) is 0 Å². The molecule has 0 unspecified atom stereocenters. The Balaban J connectivity index is 2.53. The van der Waals surface area contributed by atoms with Crippen LogP contribution in [0.25, 0.3) is 0 Å². The first-order valence-electron chi connectivity index (χ1n) is 5.72. The minimum absolute atomic E-state index is 0.178. The lowest BCUT2D eigenvalue weighted by atomic mass is 9.73. The lowest BCUT2D eigenvalue weighted by molar-refractivity contribution is 0.144. The van der Waals surface area contributed by atoms with Gasteiger partial charge in [0.25, 0.3) is 0 Å². The minimum atomic E-state index is -0.906. The molecule has 0 radical (unpaired) electrons. The maximum Gasteiger partial charge on any atom is 0.404 e. The molecule has 15 heavy (non-hydrogen) atoms. The molecule has 0 spiro atoms. The topological polar surface area (TPSA) is 61.4 Å². The molecule has 1 saturated heterocycles. The Kier molecular flexibility index (Phi) is 4.39. The van der Waals surface area contributed by atoms with E-state index in [1.54, 1.807) is 0 Å². The Bertz CT molecular complexity index is 211. The molecule has 4 heteroatoms. The standard InChI is InChI=1S/C11H22N2O2/c1-9(2)7-11(8-13-10(14)15)3-5-12-6-4-11/h9,12-13H,3-8H2,1-2H3,(H,14,15). The zero-order valence-electron chi connectivity index (χ0n) is 9.68. The van der Waals surface area contributed by atoms with Gasteiger partial charge in [0.1, 0.15) is 0 Å². The highest BCUT2D eigenvalue weighted by molar-refractivity contribution is 5.64. The van der Waals surface area contributed by atoms with Crippen LogP contribution in [0.1, 0.15) is 33.1 Å². The van der Waals surface area contributed by atoms with Crippen molar-refractivity contribution in [3.8, 4) is 0 Å². The van der Waals surface area contributed by atoms with Crippen molar-refractivity contribution < 1.29 is 9.90 Å². The first kappa shape index (κ1) is 12.3. The fourth-order valence-corrected chi connectivity index (χ4v) is 2.54. The summed E-state index contributed by atoms with van der Waals surface area (Å²) in [7, 11) is 0. The van der Waals surface area contributed by atoms with Crippen LogP contribution in [0.4, 0.5) is 4.79 Å². The minimum Gasteiger partial charge on any atom is -0.465 e. The molecule has 1 aliphatic heterocycles. The third kappa shape index (κ3) is 4.08. The summed E-state index contributed by atoms with van der Waals surface area (Å²) in [5.41, 5.74) is 0.178. The van der Waals surface area contributed by atoms with E-state index >= 15 is 0 Å². The highest BCUT2D eigenvalue weighted by atomic mass is 16.4. The number of nitrogens with one attached hydrogen (secondary N) is 2. The van der Waals surface area contributed by atoms with Crippen molar-refractivity contribution in [3.63, 3.8) is 0 Å². The van der Waals surface area contributed by atoms with Gasteiger partial charge in [0.15, 0.2) is 0 Å². The number of piperidine rings is 1.